The number of thiazole rings is 1. The number of nitrogens with zero attached hydrogens (tertiary/aromatic N) is 2. The van der Waals surface area contributed by atoms with Gasteiger partial charge in [0, 0.05) is 34.6 Å². The normalized spacial score (nSPS) is 10.8. The summed E-state index contributed by atoms with van der Waals surface area (Å²) in [4.78, 5) is 18.0. The van der Waals surface area contributed by atoms with Crippen molar-refractivity contribution in [2.75, 3.05) is 12.4 Å². The minimum Gasteiger partial charge on any atom is -0.496 e. The molecule has 0 aliphatic carbocycles. The van der Waals surface area contributed by atoms with Crippen molar-refractivity contribution in [1.82, 2.24) is 9.38 Å². The second-order valence-electron chi connectivity index (χ2n) is 5.93. The van der Waals surface area contributed by atoms with Crippen molar-refractivity contribution in [2.24, 2.45) is 0 Å². The molecule has 0 radical (unpaired) electrons. The number of anilines is 1. The average Bonchev–Trinajstić information content (AvgIpc) is 3.24. The fourth-order valence-corrected chi connectivity index (χ4v) is 3.46. The molecule has 0 aliphatic heterocycles. The Labute approximate surface area is 154 Å². The van der Waals surface area contributed by atoms with Gasteiger partial charge in [-0.25, -0.2) is 4.98 Å². The van der Waals surface area contributed by atoms with Crippen molar-refractivity contribution in [3.63, 3.8) is 0 Å². The third kappa shape index (κ3) is 3.07. The lowest BCUT2D eigenvalue weighted by Crippen LogP contribution is -2.12. The van der Waals surface area contributed by atoms with Crippen LogP contribution in [0.15, 0.2) is 60.2 Å². The van der Waals surface area contributed by atoms with Gasteiger partial charge >= 0.3 is 0 Å². The van der Waals surface area contributed by atoms with E-state index in [2.05, 4.69) is 10.3 Å². The Bertz CT molecular complexity index is 1050. The molecular formula is C20H17N3O2S. The van der Waals surface area contributed by atoms with Crippen LogP contribution in [0.3, 0.4) is 0 Å². The summed E-state index contributed by atoms with van der Waals surface area (Å²) in [6.45, 7) is 1.94. The van der Waals surface area contributed by atoms with E-state index in [4.69, 9.17) is 4.74 Å². The van der Waals surface area contributed by atoms with Gasteiger partial charge in [-0.2, -0.15) is 0 Å². The molecule has 1 N–H and O–H groups in total. The Balaban J connectivity index is 1.52. The number of imidazole rings is 1. The zero-order valence-electron chi connectivity index (χ0n) is 14.4. The number of rotatable bonds is 4. The number of carbonyl (C=O) groups excluding carboxylic acids is 1. The number of carbonyl (C=O) groups is 1. The first-order chi connectivity index (χ1) is 12.6. The zero-order chi connectivity index (χ0) is 18.1. The number of hydrogen-bond acceptors (Lipinski definition) is 4. The van der Waals surface area contributed by atoms with E-state index >= 15 is 0 Å². The molecule has 0 spiro atoms. The second kappa shape index (κ2) is 6.65. The summed E-state index contributed by atoms with van der Waals surface area (Å²) < 4.78 is 7.28. The van der Waals surface area contributed by atoms with Gasteiger partial charge in [0.15, 0.2) is 4.96 Å². The average molecular weight is 363 g/mol. The minimum atomic E-state index is -0.168. The standard InChI is InChI=1S/C20H17N3O2S/c1-13-3-4-15(11-18(13)25-2)19(24)21-16-7-5-14(6-8-16)17-12-23-9-10-26-20(23)22-17/h3-12H,1-2H3,(H,21,24). The van der Waals surface area contributed by atoms with Crippen LogP contribution in [0, 0.1) is 6.92 Å². The van der Waals surface area contributed by atoms with E-state index in [1.807, 2.05) is 59.4 Å². The molecule has 0 saturated carbocycles. The third-order valence-corrected chi connectivity index (χ3v) is 4.97. The van der Waals surface area contributed by atoms with Gasteiger partial charge in [0.05, 0.1) is 12.8 Å². The van der Waals surface area contributed by atoms with E-state index in [1.165, 1.54) is 0 Å². The minimum absolute atomic E-state index is 0.168. The van der Waals surface area contributed by atoms with E-state index in [0.717, 1.165) is 27.5 Å². The molecule has 0 aliphatic rings. The molecule has 5 nitrogen and oxygen atoms in total. The topological polar surface area (TPSA) is 55.6 Å². The molecule has 4 aromatic rings. The molecule has 0 fully saturated rings. The molecule has 4 rings (SSSR count). The second-order valence-corrected chi connectivity index (χ2v) is 6.81. The van der Waals surface area contributed by atoms with Gasteiger partial charge in [0.25, 0.3) is 5.91 Å². The highest BCUT2D eigenvalue weighted by atomic mass is 32.1. The lowest BCUT2D eigenvalue weighted by molar-refractivity contribution is 0.102. The maximum absolute atomic E-state index is 12.5. The molecule has 130 valence electrons. The monoisotopic (exact) mass is 363 g/mol. The van der Waals surface area contributed by atoms with E-state index in [-0.39, 0.29) is 5.91 Å². The van der Waals surface area contributed by atoms with Crippen LogP contribution in [0.25, 0.3) is 16.2 Å². The van der Waals surface area contributed by atoms with Crippen LogP contribution in [0.5, 0.6) is 5.75 Å². The quantitative estimate of drug-likeness (QED) is 0.575. The lowest BCUT2D eigenvalue weighted by Gasteiger charge is -2.09. The molecule has 26 heavy (non-hydrogen) atoms. The van der Waals surface area contributed by atoms with Crippen LogP contribution in [-0.2, 0) is 0 Å². The Morgan fingerprint density at radius 1 is 1.19 bits per heavy atom. The number of amides is 1. The fourth-order valence-electron chi connectivity index (χ4n) is 2.76. The molecule has 0 unspecified atom stereocenters. The van der Waals surface area contributed by atoms with Crippen LogP contribution < -0.4 is 10.1 Å². The van der Waals surface area contributed by atoms with Crippen LogP contribution in [0.1, 0.15) is 15.9 Å². The number of ether oxygens (including phenoxy) is 1. The van der Waals surface area contributed by atoms with Gasteiger partial charge in [0.1, 0.15) is 5.75 Å². The smallest absolute Gasteiger partial charge is 0.255 e. The first kappa shape index (κ1) is 16.4. The van der Waals surface area contributed by atoms with Crippen molar-refractivity contribution in [3.05, 3.63) is 71.4 Å². The Morgan fingerprint density at radius 3 is 2.73 bits per heavy atom. The summed E-state index contributed by atoms with van der Waals surface area (Å²) >= 11 is 1.60. The maximum atomic E-state index is 12.5. The van der Waals surface area contributed by atoms with Gasteiger partial charge in [0.2, 0.25) is 0 Å². The van der Waals surface area contributed by atoms with Gasteiger partial charge in [-0.3, -0.25) is 9.20 Å². The summed E-state index contributed by atoms with van der Waals surface area (Å²) in [5.74, 6) is 0.534. The number of benzene rings is 2. The van der Waals surface area contributed by atoms with E-state index < -0.39 is 0 Å². The van der Waals surface area contributed by atoms with Crippen molar-refractivity contribution in [3.8, 4) is 17.0 Å². The van der Waals surface area contributed by atoms with Crippen molar-refractivity contribution >= 4 is 27.9 Å². The van der Waals surface area contributed by atoms with Crippen molar-refractivity contribution in [2.45, 2.75) is 6.92 Å². The molecule has 6 heteroatoms. The van der Waals surface area contributed by atoms with E-state index in [9.17, 15) is 4.79 Å². The van der Waals surface area contributed by atoms with E-state index in [0.29, 0.717) is 11.3 Å². The molecule has 0 saturated heterocycles. The van der Waals surface area contributed by atoms with Gasteiger partial charge in [-0.15, -0.1) is 11.3 Å². The molecule has 0 atom stereocenters. The van der Waals surface area contributed by atoms with Crippen molar-refractivity contribution < 1.29 is 9.53 Å². The molecule has 1 amide bonds. The first-order valence-electron chi connectivity index (χ1n) is 8.12. The summed E-state index contributed by atoms with van der Waals surface area (Å²) in [5.41, 5.74) is 4.22. The summed E-state index contributed by atoms with van der Waals surface area (Å²) in [7, 11) is 1.60. The highest BCUT2D eigenvalue weighted by molar-refractivity contribution is 7.15. The number of methoxy groups -OCH3 is 1. The summed E-state index contributed by atoms with van der Waals surface area (Å²) in [6, 6.07) is 13.1. The number of aromatic nitrogens is 2. The van der Waals surface area contributed by atoms with Gasteiger partial charge in [-0.05, 0) is 36.8 Å². The molecule has 0 bridgehead atoms. The van der Waals surface area contributed by atoms with Crippen LogP contribution in [0.4, 0.5) is 5.69 Å². The SMILES string of the molecule is COc1cc(C(=O)Nc2ccc(-c3cn4ccsc4n3)cc2)ccc1C. The number of nitrogens with one attached hydrogen (secondary N) is 1. The van der Waals surface area contributed by atoms with Crippen LogP contribution in [-0.4, -0.2) is 22.4 Å². The van der Waals surface area contributed by atoms with E-state index in [1.54, 1.807) is 30.6 Å². The number of hydrogen-bond donors (Lipinski definition) is 1. The molecule has 2 heterocycles. The predicted octanol–water partition coefficient (Wildman–Crippen LogP) is 4.63. The lowest BCUT2D eigenvalue weighted by atomic mass is 10.1. The molecule has 2 aromatic carbocycles. The summed E-state index contributed by atoms with van der Waals surface area (Å²) in [6.07, 6.45) is 3.99. The molecule has 2 aromatic heterocycles. The first-order valence-corrected chi connectivity index (χ1v) is 9.00. The van der Waals surface area contributed by atoms with Gasteiger partial charge < -0.3 is 10.1 Å². The Morgan fingerprint density at radius 2 is 2.00 bits per heavy atom. The predicted molar refractivity (Wildman–Crippen MR) is 104 cm³/mol. The van der Waals surface area contributed by atoms with Gasteiger partial charge in [-0.1, -0.05) is 18.2 Å². The zero-order valence-corrected chi connectivity index (χ0v) is 15.2. The number of fused-ring (bicyclic) bond motifs is 1. The summed E-state index contributed by atoms with van der Waals surface area (Å²) in [5, 5.41) is 4.92. The fraction of sp³-hybridized carbons (Fsp3) is 0.100. The Kier molecular flexibility index (Phi) is 4.18. The highest BCUT2D eigenvalue weighted by Gasteiger charge is 2.10. The largest absolute Gasteiger partial charge is 0.496 e. The highest BCUT2D eigenvalue weighted by Crippen LogP contribution is 2.24. The number of aryl methyl sites for hydroxylation is 1. The Hall–Kier alpha value is -3.12. The maximum Gasteiger partial charge on any atom is 0.255 e. The van der Waals surface area contributed by atoms with Crippen LogP contribution in [0.2, 0.25) is 0 Å². The molecular weight excluding hydrogens is 346 g/mol. The third-order valence-electron chi connectivity index (χ3n) is 4.20. The van der Waals surface area contributed by atoms with Crippen molar-refractivity contribution in [1.29, 1.82) is 0 Å². The van der Waals surface area contributed by atoms with Crippen LogP contribution >= 0.6 is 11.3 Å².